The molecule has 0 unspecified atom stereocenters. The van der Waals surface area contributed by atoms with Crippen LogP contribution in [0, 0.1) is 18.3 Å². The highest BCUT2D eigenvalue weighted by atomic mass is 16.6. The lowest BCUT2D eigenvalue weighted by Gasteiger charge is -2.11. The summed E-state index contributed by atoms with van der Waals surface area (Å²) in [5.74, 6) is -0.712. The fourth-order valence-electron chi connectivity index (χ4n) is 2.23. The molecule has 2 aromatic rings. The van der Waals surface area contributed by atoms with Gasteiger partial charge in [-0.15, -0.1) is 0 Å². The number of rotatable bonds is 5. The molecule has 0 aliphatic carbocycles. The Morgan fingerprint density at radius 1 is 1.08 bits per heavy atom. The van der Waals surface area contributed by atoms with E-state index >= 15 is 0 Å². The van der Waals surface area contributed by atoms with Crippen molar-refractivity contribution in [1.29, 1.82) is 5.26 Å². The number of carbonyl (C=O) groups is 2. The van der Waals surface area contributed by atoms with Crippen LogP contribution in [0.4, 0.5) is 0 Å². The first-order valence-corrected chi connectivity index (χ1v) is 7.66. The monoisotopic (exact) mass is 351 g/mol. The minimum atomic E-state index is -0.735. The van der Waals surface area contributed by atoms with Crippen molar-refractivity contribution in [3.05, 3.63) is 64.7 Å². The van der Waals surface area contributed by atoms with Crippen molar-refractivity contribution >= 4 is 18.0 Å². The van der Waals surface area contributed by atoms with E-state index in [9.17, 15) is 9.59 Å². The van der Waals surface area contributed by atoms with Crippen LogP contribution in [0.25, 0.3) is 6.08 Å². The molecule has 0 amide bonds. The van der Waals surface area contributed by atoms with Crippen LogP contribution in [0.3, 0.4) is 0 Å². The van der Waals surface area contributed by atoms with E-state index in [0.29, 0.717) is 16.9 Å². The van der Waals surface area contributed by atoms with E-state index in [4.69, 9.17) is 14.7 Å². The second-order valence-electron chi connectivity index (χ2n) is 5.28. The van der Waals surface area contributed by atoms with Crippen LogP contribution in [-0.4, -0.2) is 26.2 Å². The van der Waals surface area contributed by atoms with Gasteiger partial charge in [-0.2, -0.15) is 5.26 Å². The number of nitriles is 1. The average molecular weight is 351 g/mol. The summed E-state index contributed by atoms with van der Waals surface area (Å²) in [7, 11) is 2.63. The molecule has 2 rings (SSSR count). The third kappa shape index (κ3) is 4.28. The minimum absolute atomic E-state index is 0.154. The molecular formula is C20H17NO5. The maximum atomic E-state index is 12.3. The van der Waals surface area contributed by atoms with Gasteiger partial charge in [-0.05, 0) is 42.3 Å². The van der Waals surface area contributed by atoms with Gasteiger partial charge in [0.15, 0.2) is 11.5 Å². The van der Waals surface area contributed by atoms with E-state index in [1.54, 1.807) is 30.3 Å². The van der Waals surface area contributed by atoms with E-state index in [1.807, 2.05) is 19.1 Å². The third-order valence-electron chi connectivity index (χ3n) is 3.59. The summed E-state index contributed by atoms with van der Waals surface area (Å²) in [5.41, 5.74) is 1.63. The Bertz CT molecular complexity index is 909. The van der Waals surface area contributed by atoms with Gasteiger partial charge >= 0.3 is 11.9 Å². The number of hydrogen-bond acceptors (Lipinski definition) is 6. The minimum Gasteiger partial charge on any atom is -0.493 e. The molecule has 0 spiro atoms. The highest BCUT2D eigenvalue weighted by Gasteiger charge is 2.15. The zero-order valence-corrected chi connectivity index (χ0v) is 14.6. The second kappa shape index (κ2) is 8.49. The number of esters is 2. The molecule has 0 aliphatic rings. The van der Waals surface area contributed by atoms with Crippen LogP contribution < -0.4 is 9.47 Å². The summed E-state index contributed by atoms with van der Waals surface area (Å²) >= 11 is 0. The van der Waals surface area contributed by atoms with E-state index in [-0.39, 0.29) is 11.3 Å². The van der Waals surface area contributed by atoms with Crippen LogP contribution >= 0.6 is 0 Å². The molecule has 132 valence electrons. The summed E-state index contributed by atoms with van der Waals surface area (Å²) < 4.78 is 15.2. The number of ether oxygens (including phenoxy) is 3. The summed E-state index contributed by atoms with van der Waals surface area (Å²) in [4.78, 5) is 23.8. The Morgan fingerprint density at radius 2 is 1.81 bits per heavy atom. The summed E-state index contributed by atoms with van der Waals surface area (Å²) in [5, 5.41) is 9.02. The lowest BCUT2D eigenvalue weighted by Crippen LogP contribution is -2.10. The Labute approximate surface area is 151 Å². The maximum absolute atomic E-state index is 12.3. The Balaban J connectivity index is 2.31. The van der Waals surface area contributed by atoms with Gasteiger partial charge in [0.05, 0.1) is 19.8 Å². The van der Waals surface area contributed by atoms with Gasteiger partial charge in [0.1, 0.15) is 11.6 Å². The molecule has 0 radical (unpaired) electrons. The first-order chi connectivity index (χ1) is 12.5. The van der Waals surface area contributed by atoms with Gasteiger partial charge in [0.2, 0.25) is 0 Å². The van der Waals surface area contributed by atoms with Gasteiger partial charge in [0, 0.05) is 0 Å². The highest BCUT2D eigenvalue weighted by molar-refractivity contribution is 5.98. The van der Waals surface area contributed by atoms with Crippen molar-refractivity contribution in [3.63, 3.8) is 0 Å². The van der Waals surface area contributed by atoms with Crippen LogP contribution in [0.2, 0.25) is 0 Å². The lowest BCUT2D eigenvalue weighted by molar-refractivity contribution is -0.135. The number of carbonyl (C=O) groups excluding carboxylic acids is 2. The highest BCUT2D eigenvalue weighted by Crippen LogP contribution is 2.30. The fourth-order valence-corrected chi connectivity index (χ4v) is 2.23. The van der Waals surface area contributed by atoms with E-state index in [2.05, 4.69) is 4.74 Å². The zero-order valence-electron chi connectivity index (χ0n) is 14.6. The normalized spacial score (nSPS) is 10.6. The summed E-state index contributed by atoms with van der Waals surface area (Å²) in [6, 6.07) is 13.6. The topological polar surface area (TPSA) is 85.6 Å². The molecule has 0 bridgehead atoms. The van der Waals surface area contributed by atoms with Crippen LogP contribution in [0.1, 0.15) is 21.5 Å². The SMILES string of the molecule is COC(=O)/C(C#N)=C/c1ccc(OC(=O)c2ccccc2C)c(OC)c1. The Morgan fingerprint density at radius 3 is 2.42 bits per heavy atom. The van der Waals surface area contributed by atoms with Gasteiger partial charge in [-0.3, -0.25) is 0 Å². The first kappa shape index (κ1) is 18.7. The number of nitrogens with zero attached hydrogens (tertiary/aromatic N) is 1. The van der Waals surface area contributed by atoms with Gasteiger partial charge in [-0.25, -0.2) is 9.59 Å². The number of methoxy groups -OCH3 is 2. The molecule has 0 aromatic heterocycles. The maximum Gasteiger partial charge on any atom is 0.348 e. The van der Waals surface area contributed by atoms with Crippen molar-refractivity contribution in [1.82, 2.24) is 0 Å². The second-order valence-corrected chi connectivity index (χ2v) is 5.28. The molecule has 6 nitrogen and oxygen atoms in total. The third-order valence-corrected chi connectivity index (χ3v) is 3.59. The quantitative estimate of drug-likeness (QED) is 0.356. The summed E-state index contributed by atoms with van der Waals surface area (Å²) in [6.45, 7) is 1.82. The lowest BCUT2D eigenvalue weighted by atomic mass is 10.1. The fraction of sp³-hybridized carbons (Fsp3) is 0.150. The van der Waals surface area contributed by atoms with Crippen molar-refractivity contribution < 1.29 is 23.8 Å². The Kier molecular flexibility index (Phi) is 6.12. The largest absolute Gasteiger partial charge is 0.493 e. The van der Waals surface area contributed by atoms with Gasteiger partial charge in [-0.1, -0.05) is 24.3 Å². The molecule has 0 saturated carbocycles. The molecular weight excluding hydrogens is 334 g/mol. The summed E-state index contributed by atoms with van der Waals surface area (Å²) in [6.07, 6.45) is 1.36. The molecule has 0 saturated heterocycles. The van der Waals surface area contributed by atoms with Gasteiger partial charge < -0.3 is 14.2 Å². The molecule has 0 N–H and O–H groups in total. The number of aryl methyl sites for hydroxylation is 1. The van der Waals surface area contributed by atoms with Crippen LogP contribution in [-0.2, 0) is 9.53 Å². The number of hydrogen-bond donors (Lipinski definition) is 0. The predicted octanol–water partition coefficient (Wildman–Crippen LogP) is 3.30. The van der Waals surface area contributed by atoms with Crippen molar-refractivity contribution in [3.8, 4) is 17.6 Å². The van der Waals surface area contributed by atoms with E-state index in [1.165, 1.54) is 26.4 Å². The Hall–Kier alpha value is -3.59. The first-order valence-electron chi connectivity index (χ1n) is 7.66. The molecule has 2 aromatic carbocycles. The predicted molar refractivity (Wildman–Crippen MR) is 94.7 cm³/mol. The molecule has 26 heavy (non-hydrogen) atoms. The number of benzene rings is 2. The smallest absolute Gasteiger partial charge is 0.348 e. The van der Waals surface area contributed by atoms with Crippen LogP contribution in [0.15, 0.2) is 48.0 Å². The molecule has 6 heteroatoms. The van der Waals surface area contributed by atoms with Crippen molar-refractivity contribution in [2.24, 2.45) is 0 Å². The standard InChI is InChI=1S/C20H17NO5/c1-13-6-4-5-7-16(13)20(23)26-17-9-8-14(11-18(17)24-2)10-15(12-21)19(22)25-3/h4-11H,1-3H3/b15-10+. The van der Waals surface area contributed by atoms with Gasteiger partial charge in [0.25, 0.3) is 0 Å². The van der Waals surface area contributed by atoms with E-state index in [0.717, 1.165) is 5.56 Å². The average Bonchev–Trinajstić information content (AvgIpc) is 2.66. The van der Waals surface area contributed by atoms with Crippen LogP contribution in [0.5, 0.6) is 11.5 Å². The molecule has 0 heterocycles. The van der Waals surface area contributed by atoms with E-state index < -0.39 is 11.9 Å². The zero-order chi connectivity index (χ0) is 19.1. The van der Waals surface area contributed by atoms with Crippen molar-refractivity contribution in [2.45, 2.75) is 6.92 Å². The van der Waals surface area contributed by atoms with Crippen molar-refractivity contribution in [2.75, 3.05) is 14.2 Å². The molecule has 0 atom stereocenters. The molecule has 0 aliphatic heterocycles. The molecule has 0 fully saturated rings.